The molecule has 0 spiro atoms. The molecule has 12 heteroatoms. The van der Waals surface area contributed by atoms with E-state index in [0.29, 0.717) is 11.6 Å². The Balaban J connectivity index is 2.16. The topological polar surface area (TPSA) is 114 Å². The summed E-state index contributed by atoms with van der Waals surface area (Å²) in [4.78, 5) is 26.0. The molecule has 0 aliphatic rings. The quantitative estimate of drug-likeness (QED) is 0.421. The van der Waals surface area contributed by atoms with Crippen LogP contribution < -0.4 is 15.6 Å². The first-order valence-corrected chi connectivity index (χ1v) is 13.3. The van der Waals surface area contributed by atoms with Crippen molar-refractivity contribution in [3.8, 4) is 17.0 Å². The van der Waals surface area contributed by atoms with Crippen molar-refractivity contribution in [1.29, 1.82) is 4.78 Å². The Kier molecular flexibility index (Phi) is 8.11. The van der Waals surface area contributed by atoms with Crippen LogP contribution in [0.3, 0.4) is 0 Å². The molecule has 0 bridgehead atoms. The lowest BCUT2D eigenvalue weighted by molar-refractivity contribution is -0.137. The van der Waals surface area contributed by atoms with E-state index in [2.05, 4.69) is 10.4 Å². The number of benzene rings is 2. The normalized spacial score (nSPS) is 13.3. The number of halogens is 3. The number of aryl methyl sites for hydroxylation is 1. The van der Waals surface area contributed by atoms with Gasteiger partial charge in [-0.05, 0) is 29.7 Å². The minimum absolute atomic E-state index is 0.0121. The van der Waals surface area contributed by atoms with E-state index in [-0.39, 0.29) is 40.9 Å². The highest BCUT2D eigenvalue weighted by atomic mass is 32.2. The molecule has 0 saturated carbocycles. The van der Waals surface area contributed by atoms with E-state index in [1.54, 1.807) is 12.1 Å². The van der Waals surface area contributed by atoms with Crippen LogP contribution in [-0.4, -0.2) is 39.0 Å². The first kappa shape index (κ1) is 27.9. The Morgan fingerprint density at radius 3 is 2.46 bits per heavy atom. The van der Waals surface area contributed by atoms with E-state index in [1.807, 2.05) is 26.0 Å². The number of nitrogens with one attached hydrogen (secondary N) is 2. The minimum Gasteiger partial charge on any atom is -0.496 e. The molecule has 1 amide bonds. The molecule has 8 nitrogen and oxygen atoms in total. The van der Waals surface area contributed by atoms with Crippen LogP contribution in [-0.2, 0) is 22.5 Å². The van der Waals surface area contributed by atoms with Gasteiger partial charge in [0.05, 0.1) is 36.2 Å². The molecule has 0 radical (unpaired) electrons. The highest BCUT2D eigenvalue weighted by Crippen LogP contribution is 2.35. The minimum atomic E-state index is -4.68. The van der Waals surface area contributed by atoms with Crippen molar-refractivity contribution in [2.75, 3.05) is 24.4 Å². The number of carbonyl (C=O) groups is 1. The standard InChI is InChI=1S/C25H27F3N4O4S/c1-15(2)17-7-5-6-8-18(17)23-20(14-22(33)32(31-23)11-12-37(4,29)35)30-24(34)19-13-16(25(26,27)28)9-10-21(19)36-3/h5-10,13-15,29H,11-12H2,1-4H3,(H,30,34). The lowest BCUT2D eigenvalue weighted by Crippen LogP contribution is -2.28. The van der Waals surface area contributed by atoms with Gasteiger partial charge in [-0.2, -0.15) is 18.3 Å². The van der Waals surface area contributed by atoms with Gasteiger partial charge in [0.25, 0.3) is 11.5 Å². The Morgan fingerprint density at radius 2 is 1.86 bits per heavy atom. The summed E-state index contributed by atoms with van der Waals surface area (Å²) in [5.74, 6) is -1.08. The van der Waals surface area contributed by atoms with E-state index in [1.165, 1.54) is 13.4 Å². The number of nitrogens with zero attached hydrogens (tertiary/aromatic N) is 2. The third kappa shape index (κ3) is 6.76. The monoisotopic (exact) mass is 536 g/mol. The number of hydrogen-bond acceptors (Lipinski definition) is 6. The van der Waals surface area contributed by atoms with Crippen molar-refractivity contribution >= 4 is 21.3 Å². The zero-order chi connectivity index (χ0) is 27.5. The fraction of sp³-hybridized carbons (Fsp3) is 0.320. The van der Waals surface area contributed by atoms with E-state index in [9.17, 15) is 27.0 Å². The van der Waals surface area contributed by atoms with Gasteiger partial charge in [0.2, 0.25) is 0 Å². The maximum atomic E-state index is 13.3. The zero-order valence-electron chi connectivity index (χ0n) is 20.7. The zero-order valence-corrected chi connectivity index (χ0v) is 21.5. The summed E-state index contributed by atoms with van der Waals surface area (Å²) in [6.07, 6.45) is -3.43. The summed E-state index contributed by atoms with van der Waals surface area (Å²) in [6.45, 7) is 3.81. The van der Waals surface area contributed by atoms with Gasteiger partial charge in [-0.25, -0.2) is 4.68 Å². The predicted octanol–water partition coefficient (Wildman–Crippen LogP) is 4.99. The van der Waals surface area contributed by atoms with Crippen LogP contribution in [0.25, 0.3) is 11.3 Å². The van der Waals surface area contributed by atoms with Crippen molar-refractivity contribution in [2.45, 2.75) is 32.5 Å². The van der Waals surface area contributed by atoms with Gasteiger partial charge < -0.3 is 10.1 Å². The van der Waals surface area contributed by atoms with Crippen LogP contribution in [0, 0.1) is 4.78 Å². The number of alkyl halides is 3. The Bertz CT molecular complexity index is 1480. The van der Waals surface area contributed by atoms with Crippen molar-refractivity contribution in [2.24, 2.45) is 0 Å². The van der Waals surface area contributed by atoms with Gasteiger partial charge in [-0.15, -0.1) is 0 Å². The number of methoxy groups -OCH3 is 1. The molecule has 1 atom stereocenters. The lowest BCUT2D eigenvalue weighted by Gasteiger charge is -2.18. The summed E-state index contributed by atoms with van der Waals surface area (Å²) < 4.78 is 65.5. The van der Waals surface area contributed by atoms with Crippen LogP contribution in [0.1, 0.15) is 41.3 Å². The molecule has 37 heavy (non-hydrogen) atoms. The van der Waals surface area contributed by atoms with Crippen molar-refractivity contribution in [3.63, 3.8) is 0 Å². The second-order valence-corrected chi connectivity index (χ2v) is 11.2. The van der Waals surface area contributed by atoms with Crippen LogP contribution in [0.5, 0.6) is 5.75 Å². The third-order valence-corrected chi connectivity index (χ3v) is 6.51. The van der Waals surface area contributed by atoms with Gasteiger partial charge in [0.1, 0.15) is 11.4 Å². The molecule has 3 rings (SSSR count). The molecule has 3 aromatic rings. The van der Waals surface area contributed by atoms with Crippen LogP contribution in [0.4, 0.5) is 18.9 Å². The van der Waals surface area contributed by atoms with Gasteiger partial charge in [-0.3, -0.25) is 18.6 Å². The van der Waals surface area contributed by atoms with Crippen molar-refractivity contribution in [1.82, 2.24) is 9.78 Å². The second kappa shape index (κ2) is 10.8. The first-order valence-electron chi connectivity index (χ1n) is 11.2. The average molecular weight is 537 g/mol. The number of anilines is 1. The molecule has 198 valence electrons. The molecular formula is C25H27F3N4O4S. The molecule has 2 aromatic carbocycles. The van der Waals surface area contributed by atoms with Crippen molar-refractivity contribution in [3.05, 3.63) is 75.6 Å². The van der Waals surface area contributed by atoms with Crippen LogP contribution in [0.15, 0.2) is 53.3 Å². The lowest BCUT2D eigenvalue weighted by atomic mass is 9.94. The summed E-state index contributed by atoms with van der Waals surface area (Å²) in [5.41, 5.74) is -0.397. The van der Waals surface area contributed by atoms with Crippen molar-refractivity contribution < 1.29 is 26.9 Å². The Hall–Kier alpha value is -3.67. The Labute approximate surface area is 212 Å². The number of aromatic nitrogens is 2. The largest absolute Gasteiger partial charge is 0.496 e. The summed E-state index contributed by atoms with van der Waals surface area (Å²) in [6, 6.07) is 10.8. The first-order chi connectivity index (χ1) is 17.2. The van der Waals surface area contributed by atoms with E-state index in [0.717, 1.165) is 28.4 Å². The molecule has 0 saturated heterocycles. The number of rotatable bonds is 8. The van der Waals surface area contributed by atoms with Gasteiger partial charge >= 0.3 is 6.18 Å². The highest BCUT2D eigenvalue weighted by molar-refractivity contribution is 7.91. The smallest absolute Gasteiger partial charge is 0.416 e. The van der Waals surface area contributed by atoms with Gasteiger partial charge in [-0.1, -0.05) is 38.1 Å². The molecule has 1 aromatic heterocycles. The molecule has 0 aliphatic carbocycles. The summed E-state index contributed by atoms with van der Waals surface area (Å²) >= 11 is 0. The van der Waals surface area contributed by atoms with E-state index < -0.39 is 32.9 Å². The van der Waals surface area contributed by atoms with E-state index in [4.69, 9.17) is 9.52 Å². The van der Waals surface area contributed by atoms with Crippen LogP contribution in [0.2, 0.25) is 0 Å². The maximum Gasteiger partial charge on any atom is 0.416 e. The number of amides is 1. The number of carbonyl (C=O) groups excluding carboxylic acids is 1. The molecular weight excluding hydrogens is 509 g/mol. The summed E-state index contributed by atoms with van der Waals surface area (Å²) in [7, 11) is -1.68. The third-order valence-electron chi connectivity index (χ3n) is 5.55. The van der Waals surface area contributed by atoms with Crippen LogP contribution >= 0.6 is 0 Å². The molecule has 1 unspecified atom stereocenters. The fourth-order valence-corrected chi connectivity index (χ4v) is 4.19. The number of hydrogen-bond donors (Lipinski definition) is 2. The van der Waals surface area contributed by atoms with Gasteiger partial charge in [0, 0.05) is 27.6 Å². The number of ether oxygens (including phenoxy) is 1. The van der Waals surface area contributed by atoms with Gasteiger partial charge in [0.15, 0.2) is 0 Å². The fourth-order valence-electron chi connectivity index (χ4n) is 3.67. The predicted molar refractivity (Wildman–Crippen MR) is 136 cm³/mol. The molecule has 1 heterocycles. The summed E-state index contributed by atoms with van der Waals surface area (Å²) in [5, 5.41) is 6.93. The molecule has 0 fully saturated rings. The van der Waals surface area contributed by atoms with E-state index >= 15 is 0 Å². The highest BCUT2D eigenvalue weighted by Gasteiger charge is 2.32. The Morgan fingerprint density at radius 1 is 1.19 bits per heavy atom. The average Bonchev–Trinajstić information content (AvgIpc) is 2.81. The molecule has 2 N–H and O–H groups in total. The SMILES string of the molecule is COc1ccc(C(F)(F)F)cc1C(=O)Nc1cc(=O)n(CCS(C)(=N)=O)nc1-c1ccccc1C(C)C. The maximum absolute atomic E-state index is 13.3. The second-order valence-electron chi connectivity index (χ2n) is 8.79. The molecule has 0 aliphatic heterocycles.